The Morgan fingerprint density at radius 2 is 2.29 bits per heavy atom. The molecule has 1 amide bonds. The van der Waals surface area contributed by atoms with Crippen LogP contribution in [-0.2, 0) is 16.1 Å². The van der Waals surface area contributed by atoms with Crippen molar-refractivity contribution in [3.8, 4) is 0 Å². The van der Waals surface area contributed by atoms with Crippen LogP contribution in [0, 0.1) is 0 Å². The third-order valence-corrected chi connectivity index (χ3v) is 5.12. The van der Waals surface area contributed by atoms with E-state index in [4.69, 9.17) is 9.47 Å². The number of carbonyl (C=O) groups excluding carboxylic acids is 1. The fraction of sp³-hybridized carbons (Fsp3) is 0.364. The number of hydrogen-bond acceptors (Lipinski definition) is 7. The number of methoxy groups -OCH3 is 1. The van der Waals surface area contributed by atoms with E-state index in [1.54, 1.807) is 36.1 Å². The Labute approximate surface area is 180 Å². The number of carbonyl (C=O) groups is 1. The predicted octanol–water partition coefficient (Wildman–Crippen LogP) is 1.78. The zero-order valence-corrected chi connectivity index (χ0v) is 17.5. The highest BCUT2D eigenvalue weighted by Gasteiger charge is 2.18. The van der Waals surface area contributed by atoms with Gasteiger partial charge in [0.15, 0.2) is 11.5 Å². The molecule has 0 bridgehead atoms. The summed E-state index contributed by atoms with van der Waals surface area (Å²) >= 11 is 0. The minimum atomic E-state index is -0.102. The Balaban J connectivity index is 1.45. The molecule has 9 nitrogen and oxygen atoms in total. The van der Waals surface area contributed by atoms with Gasteiger partial charge in [-0.05, 0) is 43.3 Å². The van der Waals surface area contributed by atoms with Crippen LogP contribution in [0.15, 0.2) is 59.1 Å². The molecule has 1 saturated heterocycles. The zero-order chi connectivity index (χ0) is 21.5. The lowest BCUT2D eigenvalue weighted by molar-refractivity contribution is 0.0939. The third kappa shape index (κ3) is 5.37. The van der Waals surface area contributed by atoms with Crippen molar-refractivity contribution in [1.29, 1.82) is 0 Å². The number of nitrogens with one attached hydrogen (secondary N) is 2. The molecule has 0 spiro atoms. The van der Waals surface area contributed by atoms with Crippen molar-refractivity contribution in [3.63, 3.8) is 0 Å². The Hall–Kier alpha value is -3.46. The maximum Gasteiger partial charge on any atom is 0.253 e. The summed E-state index contributed by atoms with van der Waals surface area (Å²) in [5.74, 6) is 2.02. The first-order valence-corrected chi connectivity index (χ1v) is 10.3. The third-order valence-electron chi connectivity index (χ3n) is 5.12. The summed E-state index contributed by atoms with van der Waals surface area (Å²) < 4.78 is 13.0. The van der Waals surface area contributed by atoms with Crippen molar-refractivity contribution in [1.82, 2.24) is 25.2 Å². The molecule has 0 saturated carbocycles. The number of hydrogen-bond donors (Lipinski definition) is 2. The van der Waals surface area contributed by atoms with E-state index in [1.807, 2.05) is 24.3 Å². The van der Waals surface area contributed by atoms with Gasteiger partial charge in [0.2, 0.25) is 0 Å². The fourth-order valence-corrected chi connectivity index (χ4v) is 3.40. The topological polar surface area (TPSA) is 102 Å². The number of rotatable bonds is 6. The highest BCUT2D eigenvalue weighted by molar-refractivity contribution is 5.94. The van der Waals surface area contributed by atoms with E-state index >= 15 is 0 Å². The second kappa shape index (κ2) is 10.0. The summed E-state index contributed by atoms with van der Waals surface area (Å²) in [6.45, 7) is 2.48. The minimum Gasteiger partial charge on any atom is -0.497 e. The SMILES string of the molecule is COC1=CCN=C/C=C(/OCc2nnc3ccc(C(=O)NC4CCNC4)cn23)CC=C1. The van der Waals surface area contributed by atoms with Crippen LogP contribution in [-0.4, -0.2) is 59.5 Å². The molecule has 1 unspecified atom stereocenters. The van der Waals surface area contributed by atoms with Crippen molar-refractivity contribution in [3.05, 3.63) is 65.5 Å². The minimum absolute atomic E-state index is 0.102. The normalized spacial score (nSPS) is 20.7. The molecular formula is C22H26N6O3. The summed E-state index contributed by atoms with van der Waals surface area (Å²) in [5.41, 5.74) is 1.22. The largest absolute Gasteiger partial charge is 0.497 e. The number of pyridine rings is 1. The van der Waals surface area contributed by atoms with E-state index in [-0.39, 0.29) is 18.6 Å². The summed E-state index contributed by atoms with van der Waals surface area (Å²) in [6, 6.07) is 3.71. The van der Waals surface area contributed by atoms with Crippen LogP contribution in [0.1, 0.15) is 29.0 Å². The predicted molar refractivity (Wildman–Crippen MR) is 117 cm³/mol. The molecule has 2 aromatic heterocycles. The quantitative estimate of drug-likeness (QED) is 0.736. The molecule has 4 rings (SSSR count). The van der Waals surface area contributed by atoms with E-state index in [2.05, 4.69) is 25.8 Å². The lowest BCUT2D eigenvalue weighted by Crippen LogP contribution is -2.36. The van der Waals surface area contributed by atoms with Gasteiger partial charge in [0, 0.05) is 31.4 Å². The Morgan fingerprint density at radius 1 is 1.35 bits per heavy atom. The van der Waals surface area contributed by atoms with Crippen LogP contribution in [0.4, 0.5) is 0 Å². The van der Waals surface area contributed by atoms with Crippen LogP contribution < -0.4 is 10.6 Å². The van der Waals surface area contributed by atoms with Crippen molar-refractivity contribution < 1.29 is 14.3 Å². The van der Waals surface area contributed by atoms with Gasteiger partial charge in [0.1, 0.15) is 18.1 Å². The lowest BCUT2D eigenvalue weighted by atomic mass is 10.2. The number of nitrogens with zero attached hydrogens (tertiary/aromatic N) is 4. The van der Waals surface area contributed by atoms with E-state index in [0.717, 1.165) is 31.0 Å². The van der Waals surface area contributed by atoms with Gasteiger partial charge < -0.3 is 20.1 Å². The maximum absolute atomic E-state index is 12.6. The summed E-state index contributed by atoms with van der Waals surface area (Å²) in [6.07, 6.45) is 12.6. The van der Waals surface area contributed by atoms with Crippen LogP contribution in [0.25, 0.3) is 5.65 Å². The average molecular weight is 422 g/mol. The molecule has 2 aliphatic rings. The number of amides is 1. The number of ether oxygens (including phenoxy) is 2. The van der Waals surface area contributed by atoms with Gasteiger partial charge in [-0.3, -0.25) is 14.2 Å². The molecule has 2 aliphatic heterocycles. The standard InChI is InChI=1S/C22H26N6O3/c1-30-18-3-2-4-19(9-12-23-11-8-18)31-15-21-27-26-20-6-5-16(14-28(20)21)22(29)25-17-7-10-24-13-17/h2-3,5-6,8-9,12,14,17,24H,4,7,10-11,13,15H2,1H3,(H,25,29)/b3-2?,18-8?,19-9+,23-12?. The van der Waals surface area contributed by atoms with Gasteiger partial charge in [-0.15, -0.1) is 10.2 Å². The van der Waals surface area contributed by atoms with Crippen molar-refractivity contribution in [2.24, 2.45) is 4.99 Å². The van der Waals surface area contributed by atoms with Crippen LogP contribution in [0.2, 0.25) is 0 Å². The molecular weight excluding hydrogens is 396 g/mol. The monoisotopic (exact) mass is 422 g/mol. The van der Waals surface area contributed by atoms with Gasteiger partial charge in [0.25, 0.3) is 5.91 Å². The first kappa shape index (κ1) is 20.8. The number of fused-ring (bicyclic) bond motifs is 1. The average Bonchev–Trinajstić information content (AvgIpc) is 3.45. The molecule has 4 heterocycles. The van der Waals surface area contributed by atoms with Gasteiger partial charge in [0.05, 0.1) is 19.2 Å². The zero-order valence-electron chi connectivity index (χ0n) is 17.5. The summed E-state index contributed by atoms with van der Waals surface area (Å²) in [7, 11) is 1.63. The summed E-state index contributed by atoms with van der Waals surface area (Å²) in [5, 5.41) is 14.7. The highest BCUT2D eigenvalue weighted by atomic mass is 16.5. The number of aliphatic imine (C=N–C) groups is 1. The van der Waals surface area contributed by atoms with Crippen LogP contribution >= 0.6 is 0 Å². The van der Waals surface area contributed by atoms with E-state index in [1.165, 1.54) is 0 Å². The second-order valence-corrected chi connectivity index (χ2v) is 7.28. The number of aromatic nitrogens is 3. The Morgan fingerprint density at radius 3 is 3.13 bits per heavy atom. The van der Waals surface area contributed by atoms with Gasteiger partial charge in [-0.1, -0.05) is 6.08 Å². The van der Waals surface area contributed by atoms with Crippen LogP contribution in [0.3, 0.4) is 0 Å². The Bertz CT molecular complexity index is 1050. The molecule has 31 heavy (non-hydrogen) atoms. The molecule has 9 heteroatoms. The molecule has 1 fully saturated rings. The van der Waals surface area contributed by atoms with Crippen molar-refractivity contribution in [2.45, 2.75) is 25.5 Å². The van der Waals surface area contributed by atoms with Gasteiger partial charge >= 0.3 is 0 Å². The maximum atomic E-state index is 12.6. The smallest absolute Gasteiger partial charge is 0.253 e. The molecule has 0 aliphatic carbocycles. The van der Waals surface area contributed by atoms with Crippen LogP contribution in [0.5, 0.6) is 0 Å². The molecule has 1 atom stereocenters. The summed E-state index contributed by atoms with van der Waals surface area (Å²) in [4.78, 5) is 16.9. The first-order valence-electron chi connectivity index (χ1n) is 10.3. The molecule has 0 aromatic carbocycles. The fourth-order valence-electron chi connectivity index (χ4n) is 3.40. The molecule has 0 radical (unpaired) electrons. The van der Waals surface area contributed by atoms with E-state index in [0.29, 0.717) is 30.0 Å². The van der Waals surface area contributed by atoms with Crippen molar-refractivity contribution >= 4 is 17.8 Å². The first-order chi connectivity index (χ1) is 15.2. The highest BCUT2D eigenvalue weighted by Crippen LogP contribution is 2.13. The van der Waals surface area contributed by atoms with E-state index < -0.39 is 0 Å². The van der Waals surface area contributed by atoms with Gasteiger partial charge in [-0.25, -0.2) is 0 Å². The molecule has 2 aromatic rings. The lowest BCUT2D eigenvalue weighted by Gasteiger charge is -2.12. The van der Waals surface area contributed by atoms with Gasteiger partial charge in [-0.2, -0.15) is 0 Å². The molecule has 2 N–H and O–H groups in total. The second-order valence-electron chi connectivity index (χ2n) is 7.28. The van der Waals surface area contributed by atoms with E-state index in [9.17, 15) is 4.79 Å². The molecule has 162 valence electrons. The number of allylic oxidation sites excluding steroid dienone is 3. The Kier molecular flexibility index (Phi) is 6.73. The van der Waals surface area contributed by atoms with Crippen molar-refractivity contribution in [2.75, 3.05) is 26.7 Å².